The average Bonchev–Trinajstić information content (AvgIpc) is 3.16. The topological polar surface area (TPSA) is 72.7 Å². The monoisotopic (exact) mass is 285 g/mol. The molecule has 0 bridgehead atoms. The van der Waals surface area contributed by atoms with Crippen molar-refractivity contribution in [3.05, 3.63) is 41.2 Å². The predicted octanol–water partition coefficient (Wildman–Crippen LogP) is 2.03. The Balaban J connectivity index is 1.67. The van der Waals surface area contributed by atoms with Gasteiger partial charge in [-0.3, -0.25) is 4.79 Å². The lowest BCUT2D eigenvalue weighted by molar-refractivity contribution is 0.0948. The van der Waals surface area contributed by atoms with Crippen molar-refractivity contribution in [2.45, 2.75) is 45.2 Å². The Bertz CT molecular complexity index is 630. The molecule has 1 saturated carbocycles. The molecule has 2 aromatic rings. The van der Waals surface area contributed by atoms with E-state index in [1.54, 1.807) is 0 Å². The highest BCUT2D eigenvalue weighted by molar-refractivity contribution is 5.95. The standard InChI is InChI=1S/C15H19N5O/c1-11-6-2-5-9-13(11)15(21)16-10-14-17-18-19-20(14)12-7-3-4-8-12/h2,5-6,9,12H,3-4,7-8,10H2,1H3,(H,16,21). The molecule has 0 aliphatic heterocycles. The molecule has 1 fully saturated rings. The molecule has 1 amide bonds. The third-order valence-corrected chi connectivity index (χ3v) is 4.03. The Morgan fingerprint density at radius 1 is 1.33 bits per heavy atom. The van der Waals surface area contributed by atoms with Gasteiger partial charge in [-0.25, -0.2) is 4.68 Å². The molecule has 110 valence electrons. The second-order valence-corrected chi connectivity index (χ2v) is 5.48. The summed E-state index contributed by atoms with van der Waals surface area (Å²) in [6.07, 6.45) is 4.67. The molecule has 1 heterocycles. The molecule has 0 spiro atoms. The third kappa shape index (κ3) is 2.94. The first kappa shape index (κ1) is 13.7. The molecular formula is C15H19N5O. The number of amides is 1. The van der Waals surface area contributed by atoms with Crippen molar-refractivity contribution >= 4 is 5.91 Å². The Morgan fingerprint density at radius 3 is 2.86 bits per heavy atom. The molecule has 6 nitrogen and oxygen atoms in total. The van der Waals surface area contributed by atoms with Crippen LogP contribution in [0.4, 0.5) is 0 Å². The van der Waals surface area contributed by atoms with Gasteiger partial charge in [0, 0.05) is 5.56 Å². The molecule has 1 aromatic heterocycles. The minimum absolute atomic E-state index is 0.0888. The lowest BCUT2D eigenvalue weighted by atomic mass is 10.1. The van der Waals surface area contributed by atoms with Crippen LogP contribution in [-0.4, -0.2) is 26.1 Å². The number of aryl methyl sites for hydroxylation is 1. The summed E-state index contributed by atoms with van der Waals surface area (Å²) >= 11 is 0. The Kier molecular flexibility index (Phi) is 3.94. The summed E-state index contributed by atoms with van der Waals surface area (Å²) in [5.41, 5.74) is 1.66. The smallest absolute Gasteiger partial charge is 0.251 e. The molecular weight excluding hydrogens is 266 g/mol. The third-order valence-electron chi connectivity index (χ3n) is 4.03. The maximum Gasteiger partial charge on any atom is 0.251 e. The van der Waals surface area contributed by atoms with Crippen LogP contribution in [0.5, 0.6) is 0 Å². The molecule has 1 aliphatic rings. The zero-order valence-corrected chi connectivity index (χ0v) is 12.1. The van der Waals surface area contributed by atoms with E-state index in [1.807, 2.05) is 35.9 Å². The number of nitrogens with one attached hydrogen (secondary N) is 1. The van der Waals surface area contributed by atoms with Crippen LogP contribution in [0, 0.1) is 6.92 Å². The summed E-state index contributed by atoms with van der Waals surface area (Å²) < 4.78 is 1.87. The summed E-state index contributed by atoms with van der Waals surface area (Å²) in [7, 11) is 0. The first-order valence-corrected chi connectivity index (χ1v) is 7.36. The zero-order chi connectivity index (χ0) is 14.7. The molecule has 6 heteroatoms. The van der Waals surface area contributed by atoms with Crippen molar-refractivity contribution in [2.75, 3.05) is 0 Å². The van der Waals surface area contributed by atoms with Crippen LogP contribution in [0.1, 0.15) is 53.5 Å². The van der Waals surface area contributed by atoms with Gasteiger partial charge in [0.05, 0.1) is 12.6 Å². The Labute approximate surface area is 123 Å². The van der Waals surface area contributed by atoms with Gasteiger partial charge in [-0.15, -0.1) is 5.10 Å². The first-order valence-electron chi connectivity index (χ1n) is 7.36. The minimum Gasteiger partial charge on any atom is -0.345 e. The van der Waals surface area contributed by atoms with Gasteiger partial charge in [-0.2, -0.15) is 0 Å². The van der Waals surface area contributed by atoms with Crippen molar-refractivity contribution in [1.82, 2.24) is 25.5 Å². The SMILES string of the molecule is Cc1ccccc1C(=O)NCc1nnnn1C1CCCC1. The summed E-state index contributed by atoms with van der Waals surface area (Å²) in [5, 5.41) is 14.8. The van der Waals surface area contributed by atoms with Gasteiger partial charge >= 0.3 is 0 Å². The van der Waals surface area contributed by atoms with Gasteiger partial charge in [0.2, 0.25) is 0 Å². The van der Waals surface area contributed by atoms with E-state index < -0.39 is 0 Å². The van der Waals surface area contributed by atoms with E-state index in [0.29, 0.717) is 18.2 Å². The van der Waals surface area contributed by atoms with Crippen molar-refractivity contribution in [1.29, 1.82) is 0 Å². The second-order valence-electron chi connectivity index (χ2n) is 5.48. The molecule has 1 N–H and O–H groups in total. The van der Waals surface area contributed by atoms with Crippen LogP contribution in [0.25, 0.3) is 0 Å². The van der Waals surface area contributed by atoms with Crippen LogP contribution >= 0.6 is 0 Å². The fourth-order valence-electron chi connectivity index (χ4n) is 2.84. The molecule has 0 unspecified atom stereocenters. The number of nitrogens with zero attached hydrogens (tertiary/aromatic N) is 4. The van der Waals surface area contributed by atoms with Gasteiger partial charge in [-0.1, -0.05) is 31.0 Å². The Hall–Kier alpha value is -2.24. The van der Waals surface area contributed by atoms with Gasteiger partial charge in [0.15, 0.2) is 5.82 Å². The average molecular weight is 285 g/mol. The maximum atomic E-state index is 12.2. The number of carbonyl (C=O) groups excluding carboxylic acids is 1. The highest BCUT2D eigenvalue weighted by Gasteiger charge is 2.21. The van der Waals surface area contributed by atoms with Gasteiger partial charge in [0.25, 0.3) is 5.91 Å². The number of tetrazole rings is 1. The quantitative estimate of drug-likeness (QED) is 0.933. The molecule has 0 radical (unpaired) electrons. The molecule has 1 aliphatic carbocycles. The minimum atomic E-state index is -0.0888. The predicted molar refractivity (Wildman–Crippen MR) is 77.7 cm³/mol. The molecule has 1 aromatic carbocycles. The summed E-state index contributed by atoms with van der Waals surface area (Å²) in [6.45, 7) is 2.29. The van der Waals surface area contributed by atoms with E-state index in [2.05, 4.69) is 20.8 Å². The zero-order valence-electron chi connectivity index (χ0n) is 12.1. The molecule has 0 atom stereocenters. The van der Waals surface area contributed by atoms with E-state index >= 15 is 0 Å². The van der Waals surface area contributed by atoms with Crippen molar-refractivity contribution in [3.8, 4) is 0 Å². The van der Waals surface area contributed by atoms with Crippen molar-refractivity contribution in [3.63, 3.8) is 0 Å². The number of aromatic nitrogens is 4. The van der Waals surface area contributed by atoms with E-state index in [4.69, 9.17) is 0 Å². The highest BCUT2D eigenvalue weighted by atomic mass is 16.1. The fraction of sp³-hybridized carbons (Fsp3) is 0.467. The first-order chi connectivity index (χ1) is 10.3. The van der Waals surface area contributed by atoms with E-state index in [-0.39, 0.29) is 5.91 Å². The summed E-state index contributed by atoms with van der Waals surface area (Å²) in [5.74, 6) is 0.637. The van der Waals surface area contributed by atoms with Crippen LogP contribution in [0.15, 0.2) is 24.3 Å². The molecule has 3 rings (SSSR count). The van der Waals surface area contributed by atoms with Crippen molar-refractivity contribution in [2.24, 2.45) is 0 Å². The molecule has 21 heavy (non-hydrogen) atoms. The van der Waals surface area contributed by atoms with E-state index in [1.165, 1.54) is 12.8 Å². The van der Waals surface area contributed by atoms with E-state index in [0.717, 1.165) is 24.2 Å². The van der Waals surface area contributed by atoms with Gasteiger partial charge in [-0.05, 0) is 41.8 Å². The van der Waals surface area contributed by atoms with Gasteiger partial charge < -0.3 is 5.32 Å². The van der Waals surface area contributed by atoms with Gasteiger partial charge in [0.1, 0.15) is 0 Å². The number of hydrogen-bond donors (Lipinski definition) is 1. The second kappa shape index (κ2) is 6.03. The normalized spacial score (nSPS) is 15.3. The number of benzene rings is 1. The fourth-order valence-corrected chi connectivity index (χ4v) is 2.84. The number of hydrogen-bond acceptors (Lipinski definition) is 4. The summed E-state index contributed by atoms with van der Waals surface area (Å²) in [4.78, 5) is 12.2. The van der Waals surface area contributed by atoms with Crippen LogP contribution in [0.3, 0.4) is 0 Å². The number of rotatable bonds is 4. The Morgan fingerprint density at radius 2 is 2.10 bits per heavy atom. The lowest BCUT2D eigenvalue weighted by Crippen LogP contribution is -2.26. The largest absolute Gasteiger partial charge is 0.345 e. The summed E-state index contributed by atoms with van der Waals surface area (Å²) in [6, 6.07) is 7.92. The lowest BCUT2D eigenvalue weighted by Gasteiger charge is -2.12. The molecule has 0 saturated heterocycles. The van der Waals surface area contributed by atoms with Crippen molar-refractivity contribution < 1.29 is 4.79 Å². The van der Waals surface area contributed by atoms with Crippen LogP contribution in [0.2, 0.25) is 0 Å². The highest BCUT2D eigenvalue weighted by Crippen LogP contribution is 2.28. The van der Waals surface area contributed by atoms with Crippen LogP contribution in [-0.2, 0) is 6.54 Å². The number of carbonyl (C=O) groups is 1. The maximum absolute atomic E-state index is 12.2. The van der Waals surface area contributed by atoms with E-state index in [9.17, 15) is 4.79 Å². The van der Waals surface area contributed by atoms with Crippen LogP contribution < -0.4 is 5.32 Å².